The third-order valence-corrected chi connectivity index (χ3v) is 4.18. The number of aryl methyl sites for hydroxylation is 2. The van der Waals surface area contributed by atoms with Crippen molar-refractivity contribution in [3.05, 3.63) is 34.9 Å². The highest BCUT2D eigenvalue weighted by molar-refractivity contribution is 6.18. The molecule has 0 radical (unpaired) electrons. The van der Waals surface area contributed by atoms with E-state index >= 15 is 0 Å². The molecular weight excluding hydrogens is 230 g/mol. The smallest absolute Gasteiger partial charge is 0.0286 e. The summed E-state index contributed by atoms with van der Waals surface area (Å²) in [5.74, 6) is 0.699. The minimum Gasteiger partial charge on any atom is -0.312 e. The average molecular weight is 252 g/mol. The lowest BCUT2D eigenvalue weighted by Crippen LogP contribution is -2.30. The summed E-state index contributed by atoms with van der Waals surface area (Å²) in [6, 6.07) is 6.92. The van der Waals surface area contributed by atoms with Gasteiger partial charge in [-0.2, -0.15) is 0 Å². The van der Waals surface area contributed by atoms with Crippen LogP contribution in [0.5, 0.6) is 0 Å². The van der Waals surface area contributed by atoms with E-state index in [1.807, 2.05) is 0 Å². The zero-order valence-electron chi connectivity index (χ0n) is 10.9. The van der Waals surface area contributed by atoms with Crippen LogP contribution in [0.1, 0.15) is 37.0 Å². The van der Waals surface area contributed by atoms with Crippen molar-refractivity contribution in [2.45, 2.75) is 39.7 Å². The van der Waals surface area contributed by atoms with E-state index in [0.29, 0.717) is 5.88 Å². The second-order valence-electron chi connectivity index (χ2n) is 5.86. The first-order valence-electron chi connectivity index (χ1n) is 6.48. The van der Waals surface area contributed by atoms with Gasteiger partial charge in [0.05, 0.1) is 0 Å². The van der Waals surface area contributed by atoms with Gasteiger partial charge in [-0.25, -0.2) is 0 Å². The van der Waals surface area contributed by atoms with E-state index in [4.69, 9.17) is 11.6 Å². The fraction of sp³-hybridized carbons (Fsp3) is 0.600. The summed E-state index contributed by atoms with van der Waals surface area (Å²) in [6.07, 6.45) is 3.85. The van der Waals surface area contributed by atoms with Crippen molar-refractivity contribution in [2.75, 3.05) is 12.4 Å². The lowest BCUT2D eigenvalue weighted by molar-refractivity contribution is 0.385. The molecule has 0 heterocycles. The first-order valence-corrected chi connectivity index (χ1v) is 7.01. The molecule has 0 aromatic heterocycles. The van der Waals surface area contributed by atoms with Crippen molar-refractivity contribution in [2.24, 2.45) is 5.41 Å². The summed E-state index contributed by atoms with van der Waals surface area (Å²) in [6.45, 7) is 6.30. The Hall–Kier alpha value is -0.530. The number of nitrogens with one attached hydrogen (secondary N) is 1. The zero-order chi connectivity index (χ0) is 12.3. The summed E-state index contributed by atoms with van der Waals surface area (Å²) in [4.78, 5) is 0. The maximum Gasteiger partial charge on any atom is 0.0286 e. The maximum absolute atomic E-state index is 5.91. The van der Waals surface area contributed by atoms with Crippen LogP contribution in [0.3, 0.4) is 0 Å². The highest BCUT2D eigenvalue weighted by Crippen LogP contribution is 2.23. The lowest BCUT2D eigenvalue weighted by atomic mass is 9.96. The average Bonchev–Trinajstić information content (AvgIpc) is 2.76. The Morgan fingerprint density at radius 3 is 2.76 bits per heavy atom. The number of halogens is 1. The number of rotatable bonds is 5. The second kappa shape index (κ2) is 5.41. The van der Waals surface area contributed by atoms with Crippen LogP contribution < -0.4 is 5.32 Å². The molecule has 0 unspecified atom stereocenters. The maximum atomic E-state index is 5.91. The molecule has 1 aliphatic carbocycles. The Labute approximate surface area is 110 Å². The number of hydrogen-bond donors (Lipinski definition) is 1. The quantitative estimate of drug-likeness (QED) is 0.790. The fourth-order valence-corrected chi connectivity index (χ4v) is 2.42. The van der Waals surface area contributed by atoms with E-state index in [-0.39, 0.29) is 5.41 Å². The van der Waals surface area contributed by atoms with Gasteiger partial charge in [0.1, 0.15) is 0 Å². The van der Waals surface area contributed by atoms with Gasteiger partial charge in [0.2, 0.25) is 0 Å². The molecular formula is C15H22ClN. The number of benzene rings is 1. The van der Waals surface area contributed by atoms with Gasteiger partial charge < -0.3 is 5.32 Å². The van der Waals surface area contributed by atoms with Gasteiger partial charge in [-0.3, -0.25) is 0 Å². The van der Waals surface area contributed by atoms with Crippen molar-refractivity contribution in [1.82, 2.24) is 5.32 Å². The molecule has 0 aliphatic heterocycles. The summed E-state index contributed by atoms with van der Waals surface area (Å²) in [5.41, 5.74) is 4.69. The van der Waals surface area contributed by atoms with Crippen LogP contribution >= 0.6 is 11.6 Å². The molecule has 1 aromatic rings. The van der Waals surface area contributed by atoms with Crippen LogP contribution in [0.25, 0.3) is 0 Å². The van der Waals surface area contributed by atoms with Crippen LogP contribution in [0, 0.1) is 5.41 Å². The Balaban J connectivity index is 1.88. The van der Waals surface area contributed by atoms with Gasteiger partial charge in [0.15, 0.2) is 0 Å². The molecule has 1 aromatic carbocycles. The summed E-state index contributed by atoms with van der Waals surface area (Å²) < 4.78 is 0. The van der Waals surface area contributed by atoms with Gasteiger partial charge in [-0.15, -0.1) is 11.6 Å². The highest BCUT2D eigenvalue weighted by Gasteiger charge is 2.15. The molecule has 1 N–H and O–H groups in total. The van der Waals surface area contributed by atoms with Crippen LogP contribution in [-0.4, -0.2) is 12.4 Å². The van der Waals surface area contributed by atoms with Crippen molar-refractivity contribution in [3.63, 3.8) is 0 Å². The number of hydrogen-bond acceptors (Lipinski definition) is 1. The molecule has 2 heteroatoms. The molecule has 0 fully saturated rings. The predicted molar refractivity (Wildman–Crippen MR) is 74.7 cm³/mol. The summed E-state index contributed by atoms with van der Waals surface area (Å²) in [5, 5.41) is 3.50. The minimum atomic E-state index is 0.179. The molecule has 1 aliphatic rings. The first kappa shape index (κ1) is 12.9. The molecule has 0 atom stereocenters. The number of alkyl halides is 1. The molecule has 0 amide bonds. The van der Waals surface area contributed by atoms with Crippen molar-refractivity contribution in [3.8, 4) is 0 Å². The predicted octanol–water partition coefficient (Wildman–Crippen LogP) is 3.53. The Morgan fingerprint density at radius 2 is 2.00 bits per heavy atom. The fourth-order valence-electron chi connectivity index (χ4n) is 2.33. The molecule has 17 heavy (non-hydrogen) atoms. The van der Waals surface area contributed by atoms with Crippen LogP contribution in [0.2, 0.25) is 0 Å². The van der Waals surface area contributed by atoms with Gasteiger partial charge in [-0.05, 0) is 41.4 Å². The number of fused-ring (bicyclic) bond motifs is 1. The van der Waals surface area contributed by atoms with E-state index in [1.54, 1.807) is 11.1 Å². The van der Waals surface area contributed by atoms with Crippen LogP contribution in [0.15, 0.2) is 18.2 Å². The first-order chi connectivity index (χ1) is 8.11. The van der Waals surface area contributed by atoms with Crippen molar-refractivity contribution >= 4 is 11.6 Å². The SMILES string of the molecule is CC(C)(CCl)CNCc1ccc2c(c1)CCC2. The van der Waals surface area contributed by atoms with Gasteiger partial charge >= 0.3 is 0 Å². The Kier molecular flexibility index (Phi) is 4.11. The van der Waals surface area contributed by atoms with E-state index in [1.165, 1.54) is 24.8 Å². The Morgan fingerprint density at radius 1 is 1.24 bits per heavy atom. The summed E-state index contributed by atoms with van der Waals surface area (Å²) >= 11 is 5.91. The lowest BCUT2D eigenvalue weighted by Gasteiger charge is -2.21. The Bertz CT molecular complexity index is 385. The molecule has 94 valence electrons. The zero-order valence-corrected chi connectivity index (χ0v) is 11.6. The molecule has 0 spiro atoms. The van der Waals surface area contributed by atoms with Gasteiger partial charge in [0, 0.05) is 19.0 Å². The van der Waals surface area contributed by atoms with E-state index in [9.17, 15) is 0 Å². The monoisotopic (exact) mass is 251 g/mol. The highest BCUT2D eigenvalue weighted by atomic mass is 35.5. The van der Waals surface area contributed by atoms with Crippen molar-refractivity contribution in [1.29, 1.82) is 0 Å². The summed E-state index contributed by atoms with van der Waals surface area (Å²) in [7, 11) is 0. The van der Waals surface area contributed by atoms with E-state index in [0.717, 1.165) is 13.1 Å². The third kappa shape index (κ3) is 3.46. The molecule has 0 bridgehead atoms. The molecule has 2 rings (SSSR count). The van der Waals surface area contributed by atoms with E-state index < -0.39 is 0 Å². The topological polar surface area (TPSA) is 12.0 Å². The molecule has 0 saturated carbocycles. The second-order valence-corrected chi connectivity index (χ2v) is 6.13. The molecule has 0 saturated heterocycles. The van der Waals surface area contributed by atoms with Gasteiger partial charge in [-0.1, -0.05) is 32.0 Å². The van der Waals surface area contributed by atoms with E-state index in [2.05, 4.69) is 37.4 Å². The molecule has 1 nitrogen and oxygen atoms in total. The minimum absolute atomic E-state index is 0.179. The van der Waals surface area contributed by atoms with Crippen LogP contribution in [-0.2, 0) is 19.4 Å². The van der Waals surface area contributed by atoms with Crippen molar-refractivity contribution < 1.29 is 0 Å². The normalized spacial score (nSPS) is 15.0. The van der Waals surface area contributed by atoms with Gasteiger partial charge in [0.25, 0.3) is 0 Å². The third-order valence-electron chi connectivity index (χ3n) is 3.46. The van der Waals surface area contributed by atoms with Crippen LogP contribution in [0.4, 0.5) is 0 Å². The standard InChI is InChI=1S/C15H22ClN/c1-15(2,10-16)11-17-9-12-6-7-13-4-3-5-14(13)8-12/h6-8,17H,3-5,9-11H2,1-2H3. The largest absolute Gasteiger partial charge is 0.312 e.